The number of allylic oxidation sites excluding steroid dienone is 2. The van der Waals surface area contributed by atoms with Crippen LogP contribution >= 0.6 is 0 Å². The molecule has 10 unspecified atom stereocenters. The molecule has 4 saturated carbocycles. The van der Waals surface area contributed by atoms with Crippen molar-refractivity contribution < 1.29 is 19.4 Å². The van der Waals surface area contributed by atoms with Gasteiger partial charge in [-0.05, 0) is 85.4 Å². The lowest BCUT2D eigenvalue weighted by Gasteiger charge is -2.63. The minimum Gasteiger partial charge on any atom is -0.462 e. The molecule has 34 heavy (non-hydrogen) atoms. The molecule has 0 radical (unpaired) electrons. The van der Waals surface area contributed by atoms with Crippen molar-refractivity contribution in [2.45, 2.75) is 112 Å². The third-order valence-electron chi connectivity index (χ3n) is 11.4. The maximum Gasteiger partial charge on any atom is 0.302 e. The highest BCUT2D eigenvalue weighted by Gasteiger charge is 2.68. The number of Topliss-reactive ketones (excluding diaryl/α,β-unsaturated/α-hetero) is 1. The average molecular weight is 473 g/mol. The van der Waals surface area contributed by atoms with Crippen LogP contribution in [0.2, 0.25) is 0 Å². The summed E-state index contributed by atoms with van der Waals surface area (Å²) in [5.74, 6) is 3.46. The van der Waals surface area contributed by atoms with E-state index in [4.69, 9.17) is 4.74 Å². The fourth-order valence-electron chi connectivity index (χ4n) is 8.95. The molecule has 4 aliphatic rings. The molecule has 0 aromatic rings. The summed E-state index contributed by atoms with van der Waals surface area (Å²) in [4.78, 5) is 25.1. The van der Waals surface area contributed by atoms with Gasteiger partial charge in [-0.3, -0.25) is 9.59 Å². The number of carbonyl (C=O) groups excluding carboxylic acids is 2. The zero-order chi connectivity index (χ0) is 25.1. The van der Waals surface area contributed by atoms with Crippen molar-refractivity contribution in [1.29, 1.82) is 0 Å². The van der Waals surface area contributed by atoms with E-state index in [0.717, 1.165) is 19.3 Å². The van der Waals surface area contributed by atoms with E-state index >= 15 is 0 Å². The van der Waals surface area contributed by atoms with Gasteiger partial charge in [-0.25, -0.2) is 0 Å². The zero-order valence-corrected chi connectivity index (χ0v) is 22.6. The molecule has 4 nitrogen and oxygen atoms in total. The summed E-state index contributed by atoms with van der Waals surface area (Å²) < 4.78 is 5.46. The number of rotatable bonds is 5. The minimum absolute atomic E-state index is 0.000459. The van der Waals surface area contributed by atoms with E-state index in [-0.39, 0.29) is 29.7 Å². The average Bonchev–Trinajstić information content (AvgIpc) is 3.11. The first-order valence-corrected chi connectivity index (χ1v) is 13.9. The van der Waals surface area contributed by atoms with Gasteiger partial charge < -0.3 is 9.84 Å². The van der Waals surface area contributed by atoms with E-state index in [9.17, 15) is 14.7 Å². The molecule has 0 aliphatic heterocycles. The Kier molecular flexibility index (Phi) is 6.90. The SMILES string of the molecule is CC(=O)OC1CCC2(C)C3CCC4(C)C(C(C)/C=C/C(C)C(C)C)CCC4C3CC(=O)C2(O)C1. The summed E-state index contributed by atoms with van der Waals surface area (Å²) in [5, 5.41) is 11.8. The highest BCUT2D eigenvalue weighted by Crippen LogP contribution is 2.68. The number of fused-ring (bicyclic) bond motifs is 5. The maximum absolute atomic E-state index is 13.6. The van der Waals surface area contributed by atoms with E-state index in [1.54, 1.807) is 0 Å². The molecule has 0 amide bonds. The number of ether oxygens (including phenoxy) is 1. The molecule has 1 N–H and O–H groups in total. The molecule has 4 fully saturated rings. The van der Waals surface area contributed by atoms with E-state index in [2.05, 4.69) is 53.7 Å². The number of hydrogen-bond acceptors (Lipinski definition) is 4. The number of aliphatic hydroxyl groups is 1. The third kappa shape index (κ3) is 4.00. The van der Waals surface area contributed by atoms with Crippen LogP contribution in [0.5, 0.6) is 0 Å². The zero-order valence-electron chi connectivity index (χ0n) is 22.6. The fourth-order valence-corrected chi connectivity index (χ4v) is 8.95. The van der Waals surface area contributed by atoms with Crippen molar-refractivity contribution in [3.8, 4) is 0 Å². The Labute approximate surface area is 207 Å². The van der Waals surface area contributed by atoms with Crippen LogP contribution in [0.3, 0.4) is 0 Å². The maximum atomic E-state index is 13.6. The van der Waals surface area contributed by atoms with Crippen molar-refractivity contribution in [2.75, 3.05) is 0 Å². The van der Waals surface area contributed by atoms with Crippen molar-refractivity contribution in [2.24, 2.45) is 52.3 Å². The minimum atomic E-state index is -1.36. The quantitative estimate of drug-likeness (QED) is 0.374. The Morgan fingerprint density at radius 1 is 1.03 bits per heavy atom. The Morgan fingerprint density at radius 2 is 1.74 bits per heavy atom. The van der Waals surface area contributed by atoms with Crippen LogP contribution in [0, 0.1) is 52.3 Å². The van der Waals surface area contributed by atoms with Gasteiger partial charge in [0.15, 0.2) is 5.78 Å². The lowest BCUT2D eigenvalue weighted by Crippen LogP contribution is -2.67. The van der Waals surface area contributed by atoms with Crippen LogP contribution in [0.1, 0.15) is 99.8 Å². The molecule has 0 bridgehead atoms. The van der Waals surface area contributed by atoms with Crippen molar-refractivity contribution in [3.05, 3.63) is 12.2 Å². The van der Waals surface area contributed by atoms with E-state index < -0.39 is 11.0 Å². The summed E-state index contributed by atoms with van der Waals surface area (Å²) in [6, 6.07) is 0. The summed E-state index contributed by atoms with van der Waals surface area (Å²) in [6.45, 7) is 15.4. The largest absolute Gasteiger partial charge is 0.462 e. The molecule has 192 valence electrons. The molecule has 0 aromatic carbocycles. The van der Waals surface area contributed by atoms with Gasteiger partial charge >= 0.3 is 5.97 Å². The van der Waals surface area contributed by atoms with Crippen LogP contribution in [0.25, 0.3) is 0 Å². The Bertz CT molecular complexity index is 832. The van der Waals surface area contributed by atoms with Crippen molar-refractivity contribution >= 4 is 11.8 Å². The number of esters is 1. The summed E-state index contributed by atoms with van der Waals surface area (Å²) in [7, 11) is 0. The van der Waals surface area contributed by atoms with Crippen LogP contribution in [-0.4, -0.2) is 28.6 Å². The lowest BCUT2D eigenvalue weighted by molar-refractivity contribution is -0.217. The summed E-state index contributed by atoms with van der Waals surface area (Å²) in [5.41, 5.74) is -1.50. The van der Waals surface area contributed by atoms with Crippen LogP contribution < -0.4 is 0 Å². The van der Waals surface area contributed by atoms with Crippen LogP contribution in [0.4, 0.5) is 0 Å². The molecular formula is C30H48O4. The van der Waals surface area contributed by atoms with Gasteiger partial charge in [0.05, 0.1) is 0 Å². The van der Waals surface area contributed by atoms with Crippen molar-refractivity contribution in [1.82, 2.24) is 0 Å². The molecule has 0 aromatic heterocycles. The Morgan fingerprint density at radius 3 is 2.38 bits per heavy atom. The van der Waals surface area contributed by atoms with Crippen LogP contribution in [-0.2, 0) is 14.3 Å². The highest BCUT2D eigenvalue weighted by atomic mass is 16.5. The van der Waals surface area contributed by atoms with Gasteiger partial charge in [0, 0.05) is 25.2 Å². The Balaban J connectivity index is 1.55. The first kappa shape index (κ1) is 25.9. The topological polar surface area (TPSA) is 63.6 Å². The lowest BCUT2D eigenvalue weighted by atomic mass is 9.42. The standard InChI is InChI=1S/C30H48O4/c1-18(2)19(3)8-9-20(4)24-10-11-25-23-16-27(32)30(33)17-22(34-21(5)31)12-15-29(30,7)26(23)13-14-28(24,25)6/h8-9,18-20,22-26,33H,10-17H2,1-7H3/b9-8+. The van der Waals surface area contributed by atoms with Gasteiger partial charge in [-0.2, -0.15) is 0 Å². The predicted molar refractivity (Wildman–Crippen MR) is 135 cm³/mol. The van der Waals surface area contributed by atoms with Gasteiger partial charge in [0.25, 0.3) is 0 Å². The van der Waals surface area contributed by atoms with Gasteiger partial charge in [-0.15, -0.1) is 0 Å². The number of ketones is 1. The second-order valence-electron chi connectivity index (χ2n) is 13.3. The first-order valence-electron chi connectivity index (χ1n) is 13.9. The second kappa shape index (κ2) is 9.05. The molecule has 4 heteroatoms. The molecule has 0 spiro atoms. The normalized spacial score (nSPS) is 46.0. The number of hydrogen-bond donors (Lipinski definition) is 1. The Hall–Kier alpha value is -1.16. The third-order valence-corrected chi connectivity index (χ3v) is 11.4. The van der Waals surface area contributed by atoms with Gasteiger partial charge in [0.1, 0.15) is 11.7 Å². The molecule has 10 atom stereocenters. The summed E-state index contributed by atoms with van der Waals surface area (Å²) >= 11 is 0. The predicted octanol–water partition coefficient (Wildman–Crippen LogP) is 6.36. The summed E-state index contributed by atoms with van der Waals surface area (Å²) in [6.07, 6.45) is 11.5. The molecule has 4 rings (SSSR count). The first-order chi connectivity index (χ1) is 15.8. The smallest absolute Gasteiger partial charge is 0.302 e. The van der Waals surface area contributed by atoms with Crippen LogP contribution in [0.15, 0.2) is 12.2 Å². The van der Waals surface area contributed by atoms with Crippen molar-refractivity contribution in [3.63, 3.8) is 0 Å². The molecular weight excluding hydrogens is 424 g/mol. The molecule has 0 heterocycles. The van der Waals surface area contributed by atoms with Gasteiger partial charge in [0.2, 0.25) is 0 Å². The highest BCUT2D eigenvalue weighted by molar-refractivity contribution is 5.89. The van der Waals surface area contributed by atoms with E-state index in [1.807, 2.05) is 0 Å². The van der Waals surface area contributed by atoms with E-state index in [1.165, 1.54) is 26.2 Å². The fraction of sp³-hybridized carbons (Fsp3) is 0.867. The second-order valence-corrected chi connectivity index (χ2v) is 13.3. The number of carbonyl (C=O) groups is 2. The monoisotopic (exact) mass is 472 g/mol. The van der Waals surface area contributed by atoms with E-state index in [0.29, 0.717) is 47.8 Å². The molecule has 0 saturated heterocycles. The van der Waals surface area contributed by atoms with Gasteiger partial charge in [-0.1, -0.05) is 53.7 Å². The molecule has 4 aliphatic carbocycles.